The smallest absolute Gasteiger partial charge is 0.243 e. The summed E-state index contributed by atoms with van der Waals surface area (Å²) in [5, 5.41) is 2.52. The molecule has 0 saturated heterocycles. The first-order valence-corrected chi connectivity index (χ1v) is 5.93. The van der Waals surface area contributed by atoms with Crippen LogP contribution in [-0.2, 0) is 9.59 Å². The van der Waals surface area contributed by atoms with Crippen molar-refractivity contribution in [3.8, 4) is 0 Å². The maximum absolute atomic E-state index is 12.9. The van der Waals surface area contributed by atoms with Crippen LogP contribution in [0.1, 0.15) is 13.3 Å². The first-order chi connectivity index (χ1) is 8.88. The van der Waals surface area contributed by atoms with Crippen molar-refractivity contribution >= 4 is 29.9 Å². The van der Waals surface area contributed by atoms with Crippen LogP contribution in [0.5, 0.6) is 0 Å². The maximum Gasteiger partial charge on any atom is 0.243 e. The van der Waals surface area contributed by atoms with Crippen LogP contribution >= 0.6 is 12.4 Å². The largest absolute Gasteiger partial charge is 0.336 e. The van der Waals surface area contributed by atoms with Crippen molar-refractivity contribution in [3.63, 3.8) is 0 Å². The summed E-state index contributed by atoms with van der Waals surface area (Å²) >= 11 is 0. The molecule has 2 amide bonds. The van der Waals surface area contributed by atoms with Crippen LogP contribution in [-0.4, -0.2) is 36.3 Å². The van der Waals surface area contributed by atoms with Gasteiger partial charge in [0.15, 0.2) is 0 Å². The molecule has 3 N–H and O–H groups in total. The molecule has 112 valence electrons. The van der Waals surface area contributed by atoms with E-state index in [1.54, 1.807) is 13.0 Å². The summed E-state index contributed by atoms with van der Waals surface area (Å²) in [5.41, 5.74) is 5.87. The number of nitrogens with zero attached hydrogens (tertiary/aromatic N) is 1. The van der Waals surface area contributed by atoms with E-state index in [2.05, 4.69) is 5.32 Å². The lowest BCUT2D eigenvalue weighted by atomic mass is 10.2. The minimum absolute atomic E-state index is 0. The van der Waals surface area contributed by atoms with Crippen LogP contribution in [0.25, 0.3) is 0 Å². The van der Waals surface area contributed by atoms with Gasteiger partial charge in [-0.3, -0.25) is 9.59 Å². The average Bonchev–Trinajstić information content (AvgIpc) is 2.27. The highest BCUT2D eigenvalue weighted by atomic mass is 35.5. The number of carbonyl (C=O) groups is 2. The Hall–Kier alpha value is -1.66. The molecule has 0 bridgehead atoms. The van der Waals surface area contributed by atoms with Gasteiger partial charge < -0.3 is 16.0 Å². The van der Waals surface area contributed by atoms with Crippen molar-refractivity contribution < 1.29 is 14.0 Å². The molecule has 0 radical (unpaired) electrons. The fraction of sp³-hybridized carbons (Fsp3) is 0.385. The van der Waals surface area contributed by atoms with Gasteiger partial charge in [-0.15, -0.1) is 12.4 Å². The second-order valence-electron chi connectivity index (χ2n) is 4.49. The van der Waals surface area contributed by atoms with Crippen LogP contribution in [0.4, 0.5) is 10.1 Å². The molecule has 20 heavy (non-hydrogen) atoms. The van der Waals surface area contributed by atoms with Gasteiger partial charge in [0.2, 0.25) is 11.8 Å². The number of halogens is 2. The molecule has 0 aliphatic carbocycles. The van der Waals surface area contributed by atoms with Crippen LogP contribution in [0.3, 0.4) is 0 Å². The molecule has 0 fully saturated rings. The summed E-state index contributed by atoms with van der Waals surface area (Å²) < 4.78 is 12.9. The molecule has 1 rings (SSSR count). The molecule has 1 unspecified atom stereocenters. The standard InChI is InChI=1S/C13H18FN3O2.ClH/c1-9(15)6-13(19)17(2)8-12(18)16-11-5-3-4-10(14)7-11;/h3-5,7,9H,6,8,15H2,1-2H3,(H,16,18);1H. The normalized spacial score (nSPS) is 11.2. The van der Waals surface area contributed by atoms with Gasteiger partial charge in [0, 0.05) is 25.2 Å². The minimum Gasteiger partial charge on any atom is -0.336 e. The Bertz CT molecular complexity index is 469. The molecular formula is C13H19ClFN3O2. The topological polar surface area (TPSA) is 75.4 Å². The van der Waals surface area contributed by atoms with E-state index >= 15 is 0 Å². The average molecular weight is 304 g/mol. The van der Waals surface area contributed by atoms with Gasteiger partial charge in [0.25, 0.3) is 0 Å². The van der Waals surface area contributed by atoms with Gasteiger partial charge in [0.1, 0.15) is 5.82 Å². The Kier molecular flexibility index (Phi) is 7.79. The summed E-state index contributed by atoms with van der Waals surface area (Å²) in [7, 11) is 1.52. The number of likely N-dealkylation sites (N-methyl/N-ethyl adjacent to an activating group) is 1. The number of carbonyl (C=O) groups excluding carboxylic acids is 2. The Balaban J connectivity index is 0.00000361. The van der Waals surface area contributed by atoms with E-state index in [0.717, 1.165) is 0 Å². The number of hydrogen-bond acceptors (Lipinski definition) is 3. The van der Waals surface area contributed by atoms with Crippen LogP contribution in [0.2, 0.25) is 0 Å². The fourth-order valence-electron chi connectivity index (χ4n) is 1.50. The van der Waals surface area contributed by atoms with Crippen molar-refractivity contribution in [2.24, 2.45) is 5.73 Å². The Labute approximate surface area is 123 Å². The Morgan fingerprint density at radius 1 is 1.45 bits per heavy atom. The zero-order chi connectivity index (χ0) is 14.4. The van der Waals surface area contributed by atoms with Gasteiger partial charge in [-0.2, -0.15) is 0 Å². The zero-order valence-electron chi connectivity index (χ0n) is 11.4. The van der Waals surface area contributed by atoms with Crippen molar-refractivity contribution in [1.82, 2.24) is 4.90 Å². The van der Waals surface area contributed by atoms with Gasteiger partial charge in [-0.05, 0) is 25.1 Å². The lowest BCUT2D eigenvalue weighted by Gasteiger charge is -2.17. The van der Waals surface area contributed by atoms with Gasteiger partial charge in [-0.1, -0.05) is 6.07 Å². The molecule has 0 heterocycles. The molecule has 0 aliphatic rings. The molecule has 0 aliphatic heterocycles. The van der Waals surface area contributed by atoms with Crippen LogP contribution in [0, 0.1) is 5.82 Å². The molecular weight excluding hydrogens is 285 g/mol. The van der Waals surface area contributed by atoms with Crippen molar-refractivity contribution in [1.29, 1.82) is 0 Å². The predicted molar refractivity (Wildman–Crippen MR) is 78.2 cm³/mol. The summed E-state index contributed by atoms with van der Waals surface area (Å²) in [6, 6.07) is 5.32. The third-order valence-corrected chi connectivity index (χ3v) is 2.41. The molecule has 5 nitrogen and oxygen atoms in total. The summed E-state index contributed by atoms with van der Waals surface area (Å²) in [5.74, 6) is -1.02. The quantitative estimate of drug-likeness (QED) is 0.863. The summed E-state index contributed by atoms with van der Waals surface area (Å²) in [6.45, 7) is 1.63. The number of benzene rings is 1. The number of nitrogens with one attached hydrogen (secondary N) is 1. The third kappa shape index (κ3) is 6.49. The molecule has 1 aromatic rings. The van der Waals surface area contributed by atoms with Crippen molar-refractivity contribution in [2.45, 2.75) is 19.4 Å². The number of nitrogens with two attached hydrogens (primary N) is 1. The first-order valence-electron chi connectivity index (χ1n) is 5.93. The maximum atomic E-state index is 12.9. The first kappa shape index (κ1) is 18.3. The van der Waals surface area contributed by atoms with E-state index in [4.69, 9.17) is 5.73 Å². The van der Waals surface area contributed by atoms with E-state index in [-0.39, 0.29) is 43.2 Å². The fourth-order valence-corrected chi connectivity index (χ4v) is 1.50. The van der Waals surface area contributed by atoms with E-state index in [9.17, 15) is 14.0 Å². The molecule has 1 aromatic carbocycles. The molecule has 0 saturated carbocycles. The lowest BCUT2D eigenvalue weighted by Crippen LogP contribution is -2.37. The van der Waals surface area contributed by atoms with Gasteiger partial charge >= 0.3 is 0 Å². The summed E-state index contributed by atoms with van der Waals surface area (Å²) in [6.07, 6.45) is 0.184. The molecule has 1 atom stereocenters. The van der Waals surface area contributed by atoms with E-state index in [1.807, 2.05) is 0 Å². The lowest BCUT2D eigenvalue weighted by molar-refractivity contribution is -0.133. The Morgan fingerprint density at radius 2 is 2.10 bits per heavy atom. The second-order valence-corrected chi connectivity index (χ2v) is 4.49. The Morgan fingerprint density at radius 3 is 2.65 bits per heavy atom. The SMILES string of the molecule is CC(N)CC(=O)N(C)CC(=O)Nc1cccc(F)c1.Cl. The van der Waals surface area contributed by atoms with E-state index < -0.39 is 5.82 Å². The zero-order valence-corrected chi connectivity index (χ0v) is 12.2. The van der Waals surface area contributed by atoms with Crippen LogP contribution in [0.15, 0.2) is 24.3 Å². The monoisotopic (exact) mass is 303 g/mol. The second kappa shape index (κ2) is 8.50. The predicted octanol–water partition coefficient (Wildman–Crippen LogP) is 1.38. The van der Waals surface area contributed by atoms with E-state index in [1.165, 1.54) is 30.1 Å². The van der Waals surface area contributed by atoms with Crippen molar-refractivity contribution in [3.05, 3.63) is 30.1 Å². The highest BCUT2D eigenvalue weighted by Crippen LogP contribution is 2.08. The molecule has 7 heteroatoms. The number of hydrogen-bond donors (Lipinski definition) is 2. The molecule has 0 spiro atoms. The minimum atomic E-state index is -0.431. The van der Waals surface area contributed by atoms with Gasteiger partial charge in [0.05, 0.1) is 6.54 Å². The molecule has 0 aromatic heterocycles. The number of anilines is 1. The third-order valence-electron chi connectivity index (χ3n) is 2.41. The highest BCUT2D eigenvalue weighted by Gasteiger charge is 2.14. The van der Waals surface area contributed by atoms with E-state index in [0.29, 0.717) is 5.69 Å². The summed E-state index contributed by atoms with van der Waals surface area (Å²) in [4.78, 5) is 24.6. The highest BCUT2D eigenvalue weighted by molar-refractivity contribution is 5.94. The van der Waals surface area contributed by atoms with Crippen molar-refractivity contribution in [2.75, 3.05) is 18.9 Å². The van der Waals surface area contributed by atoms with Crippen LogP contribution < -0.4 is 11.1 Å². The number of amides is 2. The van der Waals surface area contributed by atoms with Gasteiger partial charge in [-0.25, -0.2) is 4.39 Å². The number of rotatable bonds is 5.